The van der Waals surface area contributed by atoms with Crippen LogP contribution in [-0.4, -0.2) is 28.2 Å². The molecule has 1 aromatic rings. The lowest BCUT2D eigenvalue weighted by molar-refractivity contribution is 0.255. The van der Waals surface area contributed by atoms with Crippen LogP contribution in [0.15, 0.2) is 6.33 Å². The van der Waals surface area contributed by atoms with Gasteiger partial charge in [0.05, 0.1) is 0 Å². The van der Waals surface area contributed by atoms with Crippen LogP contribution < -0.4 is 5.32 Å². The largest absolute Gasteiger partial charge is 0.396 e. The van der Waals surface area contributed by atoms with Gasteiger partial charge in [-0.15, -0.1) is 0 Å². The van der Waals surface area contributed by atoms with E-state index in [0.717, 1.165) is 44.5 Å². The third-order valence-corrected chi connectivity index (χ3v) is 4.17. The van der Waals surface area contributed by atoms with Crippen LogP contribution >= 0.6 is 0 Å². The second-order valence-corrected chi connectivity index (χ2v) is 5.76. The Morgan fingerprint density at radius 3 is 2.85 bits per heavy atom. The Kier molecular flexibility index (Phi) is 6.25. The number of hydrogen-bond acceptors (Lipinski definition) is 4. The van der Waals surface area contributed by atoms with Crippen LogP contribution in [0.3, 0.4) is 0 Å². The first-order valence-electron chi connectivity index (χ1n) is 8.02. The SMILES string of the molecule is CCCC(CCO)CNc1ncnc2c1CCCCC2. The van der Waals surface area contributed by atoms with Crippen LogP contribution in [0.5, 0.6) is 0 Å². The van der Waals surface area contributed by atoms with E-state index in [-0.39, 0.29) is 6.61 Å². The Bertz CT molecular complexity index is 403. The van der Waals surface area contributed by atoms with Gasteiger partial charge in [-0.3, -0.25) is 0 Å². The highest BCUT2D eigenvalue weighted by atomic mass is 16.3. The number of fused-ring (bicyclic) bond motifs is 1. The summed E-state index contributed by atoms with van der Waals surface area (Å²) in [6.45, 7) is 3.37. The molecule has 1 aliphatic rings. The molecule has 1 unspecified atom stereocenters. The topological polar surface area (TPSA) is 58.0 Å². The average molecular weight is 277 g/mol. The van der Waals surface area contributed by atoms with Crippen LogP contribution in [0.2, 0.25) is 0 Å². The van der Waals surface area contributed by atoms with E-state index in [1.54, 1.807) is 6.33 Å². The van der Waals surface area contributed by atoms with E-state index in [0.29, 0.717) is 5.92 Å². The van der Waals surface area contributed by atoms with Crippen LogP contribution in [-0.2, 0) is 12.8 Å². The van der Waals surface area contributed by atoms with Gasteiger partial charge in [0.15, 0.2) is 0 Å². The third-order valence-electron chi connectivity index (χ3n) is 4.17. The molecule has 0 saturated heterocycles. The first-order valence-corrected chi connectivity index (χ1v) is 8.02. The van der Waals surface area contributed by atoms with Crippen molar-refractivity contribution in [1.82, 2.24) is 9.97 Å². The van der Waals surface area contributed by atoms with E-state index in [1.807, 2.05) is 0 Å². The van der Waals surface area contributed by atoms with E-state index in [1.165, 1.54) is 30.5 Å². The molecule has 2 N–H and O–H groups in total. The first kappa shape index (κ1) is 15.2. The Labute approximate surface area is 122 Å². The van der Waals surface area contributed by atoms with Crippen molar-refractivity contribution in [3.8, 4) is 0 Å². The molecule has 0 radical (unpaired) electrons. The quantitative estimate of drug-likeness (QED) is 0.752. The first-order chi connectivity index (χ1) is 9.85. The molecule has 20 heavy (non-hydrogen) atoms. The number of aliphatic hydroxyl groups excluding tert-OH is 1. The van der Waals surface area contributed by atoms with Crippen molar-refractivity contribution in [2.75, 3.05) is 18.5 Å². The second kappa shape index (κ2) is 8.20. The molecule has 0 amide bonds. The summed E-state index contributed by atoms with van der Waals surface area (Å²) in [6, 6.07) is 0. The van der Waals surface area contributed by atoms with Gasteiger partial charge in [-0.25, -0.2) is 9.97 Å². The van der Waals surface area contributed by atoms with E-state index in [2.05, 4.69) is 22.2 Å². The molecule has 112 valence electrons. The summed E-state index contributed by atoms with van der Waals surface area (Å²) < 4.78 is 0. The van der Waals surface area contributed by atoms with Gasteiger partial charge in [0.25, 0.3) is 0 Å². The van der Waals surface area contributed by atoms with Gasteiger partial charge in [0, 0.05) is 24.4 Å². The fraction of sp³-hybridized carbons (Fsp3) is 0.750. The smallest absolute Gasteiger partial charge is 0.132 e. The summed E-state index contributed by atoms with van der Waals surface area (Å²) in [6.07, 6.45) is 10.8. The molecule has 1 aromatic heterocycles. The van der Waals surface area contributed by atoms with E-state index in [9.17, 15) is 0 Å². The number of hydrogen-bond donors (Lipinski definition) is 2. The highest BCUT2D eigenvalue weighted by molar-refractivity contribution is 5.46. The average Bonchev–Trinajstić information content (AvgIpc) is 2.71. The minimum atomic E-state index is 0.272. The summed E-state index contributed by atoms with van der Waals surface area (Å²) in [5.41, 5.74) is 2.55. The molecular formula is C16H27N3O. The lowest BCUT2D eigenvalue weighted by Crippen LogP contribution is -2.18. The number of aromatic nitrogens is 2. The van der Waals surface area contributed by atoms with E-state index < -0.39 is 0 Å². The van der Waals surface area contributed by atoms with Gasteiger partial charge < -0.3 is 10.4 Å². The van der Waals surface area contributed by atoms with E-state index >= 15 is 0 Å². The molecule has 0 aliphatic heterocycles. The minimum absolute atomic E-state index is 0.272. The van der Waals surface area contributed by atoms with Crippen LogP contribution in [0.4, 0.5) is 5.82 Å². The van der Waals surface area contributed by atoms with Gasteiger partial charge in [0.2, 0.25) is 0 Å². The standard InChI is InChI=1S/C16H27N3O/c1-2-6-13(9-10-20)11-17-16-14-7-4-3-5-8-15(14)18-12-19-16/h12-13,20H,2-11H2,1H3,(H,17,18,19). The molecule has 4 nitrogen and oxygen atoms in total. The van der Waals surface area contributed by atoms with E-state index in [4.69, 9.17) is 5.11 Å². The predicted molar refractivity (Wildman–Crippen MR) is 81.9 cm³/mol. The zero-order chi connectivity index (χ0) is 14.2. The molecule has 1 aliphatic carbocycles. The Morgan fingerprint density at radius 1 is 1.20 bits per heavy atom. The van der Waals surface area contributed by atoms with Crippen molar-refractivity contribution in [2.24, 2.45) is 5.92 Å². The fourth-order valence-electron chi connectivity index (χ4n) is 3.03. The highest BCUT2D eigenvalue weighted by Crippen LogP contribution is 2.24. The molecule has 1 heterocycles. The molecule has 0 saturated carbocycles. The normalized spacial score (nSPS) is 16.3. The number of aryl methyl sites for hydroxylation is 1. The molecule has 0 aromatic carbocycles. The van der Waals surface area contributed by atoms with Gasteiger partial charge in [0.1, 0.15) is 12.1 Å². The van der Waals surface area contributed by atoms with Gasteiger partial charge in [-0.2, -0.15) is 0 Å². The molecular weight excluding hydrogens is 250 g/mol. The van der Waals surface area contributed by atoms with Crippen LogP contribution in [0, 0.1) is 5.92 Å². The molecule has 0 fully saturated rings. The Hall–Kier alpha value is -1.16. The monoisotopic (exact) mass is 277 g/mol. The number of nitrogens with one attached hydrogen (secondary N) is 1. The molecule has 0 spiro atoms. The third kappa shape index (κ3) is 4.17. The maximum absolute atomic E-state index is 9.14. The maximum Gasteiger partial charge on any atom is 0.132 e. The van der Waals surface area contributed by atoms with Gasteiger partial charge >= 0.3 is 0 Å². The van der Waals surface area contributed by atoms with Crippen molar-refractivity contribution in [2.45, 2.75) is 58.3 Å². The lowest BCUT2D eigenvalue weighted by atomic mass is 10.00. The van der Waals surface area contributed by atoms with Crippen molar-refractivity contribution in [3.05, 3.63) is 17.6 Å². The van der Waals surface area contributed by atoms with Crippen LogP contribution in [0.1, 0.15) is 56.7 Å². The molecule has 1 atom stereocenters. The summed E-state index contributed by atoms with van der Waals surface area (Å²) in [4.78, 5) is 8.89. The van der Waals surface area contributed by atoms with Gasteiger partial charge in [-0.1, -0.05) is 19.8 Å². The summed E-state index contributed by atoms with van der Waals surface area (Å²) in [5.74, 6) is 1.55. The van der Waals surface area contributed by atoms with Gasteiger partial charge in [-0.05, 0) is 44.4 Å². The number of aliphatic hydroxyl groups is 1. The van der Waals surface area contributed by atoms with Crippen molar-refractivity contribution in [3.63, 3.8) is 0 Å². The molecule has 2 rings (SSSR count). The number of nitrogens with zero attached hydrogens (tertiary/aromatic N) is 2. The Morgan fingerprint density at radius 2 is 2.05 bits per heavy atom. The molecule has 0 bridgehead atoms. The number of anilines is 1. The van der Waals surface area contributed by atoms with Crippen molar-refractivity contribution in [1.29, 1.82) is 0 Å². The summed E-state index contributed by atoms with van der Waals surface area (Å²) >= 11 is 0. The lowest BCUT2D eigenvalue weighted by Gasteiger charge is -2.18. The number of rotatable bonds is 7. The second-order valence-electron chi connectivity index (χ2n) is 5.76. The van der Waals surface area contributed by atoms with Crippen molar-refractivity contribution < 1.29 is 5.11 Å². The zero-order valence-electron chi connectivity index (χ0n) is 12.6. The summed E-state index contributed by atoms with van der Waals surface area (Å²) in [7, 11) is 0. The maximum atomic E-state index is 9.14. The Balaban J connectivity index is 2.01. The predicted octanol–water partition coefficient (Wildman–Crippen LogP) is 2.96. The fourth-order valence-corrected chi connectivity index (χ4v) is 3.03. The van der Waals surface area contributed by atoms with Crippen LogP contribution in [0.25, 0.3) is 0 Å². The highest BCUT2D eigenvalue weighted by Gasteiger charge is 2.15. The summed E-state index contributed by atoms with van der Waals surface area (Å²) in [5, 5.41) is 12.6. The minimum Gasteiger partial charge on any atom is -0.396 e. The molecule has 4 heteroatoms. The zero-order valence-corrected chi connectivity index (χ0v) is 12.6. The van der Waals surface area contributed by atoms with Crippen molar-refractivity contribution >= 4 is 5.82 Å².